The molecule has 2 rings (SSSR count). The number of carboxylic acid groups (broad SMARTS) is 1. The molecule has 0 amide bonds. The van der Waals surface area contributed by atoms with E-state index < -0.39 is 5.97 Å². The number of nitrogens with zero attached hydrogens (tertiary/aromatic N) is 3. The molecule has 0 saturated heterocycles. The van der Waals surface area contributed by atoms with Crippen molar-refractivity contribution in [3.05, 3.63) is 46.0 Å². The number of carboxylic acids is 1. The molecule has 0 unspecified atom stereocenters. The quantitative estimate of drug-likeness (QED) is 0.674. The predicted octanol–water partition coefficient (Wildman–Crippen LogP) is 2.82. The van der Waals surface area contributed by atoms with E-state index >= 15 is 0 Å². The number of aromatic nitrogens is 3. The third kappa shape index (κ3) is 3.43. The molecule has 7 heteroatoms. The van der Waals surface area contributed by atoms with Crippen LogP contribution in [-0.4, -0.2) is 32.2 Å². The summed E-state index contributed by atoms with van der Waals surface area (Å²) in [4.78, 5) is 10.8. The summed E-state index contributed by atoms with van der Waals surface area (Å²) in [6.07, 6.45) is 1.62. The van der Waals surface area contributed by atoms with Gasteiger partial charge < -0.3 is 5.11 Å². The lowest BCUT2D eigenvalue weighted by atomic mass is 9.96. The lowest BCUT2D eigenvalue weighted by Gasteiger charge is -2.15. The maximum absolute atomic E-state index is 10.8. The normalized spacial score (nSPS) is 12.0. The second-order valence-electron chi connectivity index (χ2n) is 5.59. The number of aromatic amines is 1. The van der Waals surface area contributed by atoms with Crippen LogP contribution in [0.2, 0.25) is 0 Å². The van der Waals surface area contributed by atoms with Gasteiger partial charge in [0.2, 0.25) is 4.77 Å². The second-order valence-corrected chi connectivity index (χ2v) is 5.97. The van der Waals surface area contributed by atoms with Gasteiger partial charge in [-0.25, -0.2) is 4.79 Å². The van der Waals surface area contributed by atoms with Crippen LogP contribution in [0, 0.1) is 4.77 Å². The summed E-state index contributed by atoms with van der Waals surface area (Å²) in [5.74, 6) is -0.225. The molecule has 0 radical (unpaired) electrons. The minimum absolute atomic E-state index is 0.196. The van der Waals surface area contributed by atoms with Gasteiger partial charge in [-0.3, -0.25) is 5.10 Å². The smallest absolute Gasteiger partial charge is 0.335 e. The summed E-state index contributed by atoms with van der Waals surface area (Å²) >= 11 is 5.17. The molecule has 21 heavy (non-hydrogen) atoms. The van der Waals surface area contributed by atoms with Crippen LogP contribution in [-0.2, 0) is 5.41 Å². The van der Waals surface area contributed by atoms with E-state index in [1.807, 2.05) is 20.8 Å². The second kappa shape index (κ2) is 5.61. The number of hydrogen-bond donors (Lipinski definition) is 2. The maximum Gasteiger partial charge on any atom is 0.335 e. The zero-order valence-corrected chi connectivity index (χ0v) is 12.8. The zero-order valence-electron chi connectivity index (χ0n) is 12.0. The molecule has 0 aliphatic carbocycles. The molecule has 0 aliphatic heterocycles. The van der Waals surface area contributed by atoms with Crippen LogP contribution in [0.5, 0.6) is 0 Å². The third-order valence-corrected chi connectivity index (χ3v) is 3.07. The average Bonchev–Trinajstić information content (AvgIpc) is 2.78. The Morgan fingerprint density at radius 2 is 2.00 bits per heavy atom. The molecule has 1 aromatic heterocycles. The van der Waals surface area contributed by atoms with E-state index in [9.17, 15) is 4.79 Å². The average molecular weight is 304 g/mol. The minimum atomic E-state index is -0.953. The van der Waals surface area contributed by atoms with Gasteiger partial charge in [-0.2, -0.15) is 14.9 Å². The number of rotatable bonds is 3. The molecular weight excluding hydrogens is 288 g/mol. The fraction of sp³-hybridized carbons (Fsp3) is 0.286. The van der Waals surface area contributed by atoms with Crippen LogP contribution in [0.15, 0.2) is 29.4 Å². The molecular formula is C14H16N4O2S. The van der Waals surface area contributed by atoms with Gasteiger partial charge >= 0.3 is 5.97 Å². The van der Waals surface area contributed by atoms with Gasteiger partial charge in [-0.05, 0) is 29.9 Å². The zero-order chi connectivity index (χ0) is 15.6. The highest BCUT2D eigenvalue weighted by atomic mass is 32.1. The first-order valence-corrected chi connectivity index (χ1v) is 6.75. The van der Waals surface area contributed by atoms with E-state index in [1.165, 1.54) is 12.1 Å². The van der Waals surface area contributed by atoms with E-state index in [1.54, 1.807) is 23.0 Å². The Morgan fingerprint density at radius 1 is 1.38 bits per heavy atom. The van der Waals surface area contributed by atoms with Crippen LogP contribution < -0.4 is 0 Å². The van der Waals surface area contributed by atoms with E-state index in [0.29, 0.717) is 4.77 Å². The van der Waals surface area contributed by atoms with Crippen LogP contribution in [0.3, 0.4) is 0 Å². The molecule has 110 valence electrons. The Labute approximate surface area is 127 Å². The van der Waals surface area contributed by atoms with Crippen LogP contribution in [0.4, 0.5) is 0 Å². The predicted molar refractivity (Wildman–Crippen MR) is 82.5 cm³/mol. The van der Waals surface area contributed by atoms with Crippen molar-refractivity contribution in [1.29, 1.82) is 0 Å². The van der Waals surface area contributed by atoms with Crippen molar-refractivity contribution in [3.8, 4) is 0 Å². The summed E-state index contributed by atoms with van der Waals surface area (Å²) < 4.78 is 1.99. The van der Waals surface area contributed by atoms with Crippen molar-refractivity contribution < 1.29 is 9.90 Å². The van der Waals surface area contributed by atoms with Crippen molar-refractivity contribution in [2.75, 3.05) is 0 Å². The van der Waals surface area contributed by atoms with Gasteiger partial charge in [0, 0.05) is 5.41 Å². The van der Waals surface area contributed by atoms with Crippen LogP contribution in [0.25, 0.3) is 0 Å². The Hall–Kier alpha value is -2.28. The first-order valence-electron chi connectivity index (χ1n) is 6.34. The summed E-state index contributed by atoms with van der Waals surface area (Å²) in [5.41, 5.74) is 0.823. The molecule has 0 bridgehead atoms. The fourth-order valence-corrected chi connectivity index (χ4v) is 1.90. The van der Waals surface area contributed by atoms with Gasteiger partial charge in [-0.15, -0.1) is 0 Å². The van der Waals surface area contributed by atoms with Crippen molar-refractivity contribution in [2.24, 2.45) is 5.10 Å². The molecule has 6 nitrogen and oxygen atoms in total. The molecule has 0 fully saturated rings. The number of hydrogen-bond acceptors (Lipinski definition) is 4. The first kappa shape index (κ1) is 15.1. The van der Waals surface area contributed by atoms with E-state index in [-0.39, 0.29) is 11.0 Å². The van der Waals surface area contributed by atoms with Crippen molar-refractivity contribution in [1.82, 2.24) is 14.9 Å². The summed E-state index contributed by atoms with van der Waals surface area (Å²) in [7, 11) is 0. The highest BCUT2D eigenvalue weighted by molar-refractivity contribution is 7.71. The van der Waals surface area contributed by atoms with Crippen LogP contribution in [0.1, 0.15) is 42.5 Å². The molecule has 2 aromatic rings. The molecule has 1 aromatic carbocycles. The van der Waals surface area contributed by atoms with E-state index in [2.05, 4.69) is 15.3 Å². The molecule has 0 saturated carbocycles. The van der Waals surface area contributed by atoms with E-state index in [4.69, 9.17) is 17.3 Å². The minimum Gasteiger partial charge on any atom is -0.478 e. The molecule has 0 atom stereocenters. The van der Waals surface area contributed by atoms with Crippen molar-refractivity contribution in [2.45, 2.75) is 26.2 Å². The summed E-state index contributed by atoms with van der Waals surface area (Å²) in [6.45, 7) is 6.06. The Kier molecular flexibility index (Phi) is 4.04. The van der Waals surface area contributed by atoms with Gasteiger partial charge in [0.25, 0.3) is 0 Å². The summed E-state index contributed by atoms with van der Waals surface area (Å²) in [6, 6.07) is 6.44. The monoisotopic (exact) mass is 304 g/mol. The lowest BCUT2D eigenvalue weighted by Crippen LogP contribution is -2.17. The molecule has 2 N–H and O–H groups in total. The highest BCUT2D eigenvalue weighted by Crippen LogP contribution is 2.19. The Balaban J connectivity index is 2.32. The SMILES string of the molecule is CC(C)(C)c1n[nH]c(=S)n1/N=C\c1ccc(C(=O)O)cc1. The van der Waals surface area contributed by atoms with Crippen molar-refractivity contribution in [3.63, 3.8) is 0 Å². The number of H-pyrrole nitrogens is 1. The van der Waals surface area contributed by atoms with Gasteiger partial charge in [0.05, 0.1) is 11.8 Å². The largest absolute Gasteiger partial charge is 0.478 e. The fourth-order valence-electron chi connectivity index (χ4n) is 1.72. The molecule has 1 heterocycles. The molecule has 0 spiro atoms. The number of aromatic carboxylic acids is 1. The maximum atomic E-state index is 10.8. The summed E-state index contributed by atoms with van der Waals surface area (Å²) in [5, 5.41) is 20.1. The third-order valence-electron chi connectivity index (χ3n) is 2.80. The van der Waals surface area contributed by atoms with Gasteiger partial charge in [0.1, 0.15) is 0 Å². The van der Waals surface area contributed by atoms with Crippen molar-refractivity contribution >= 4 is 24.4 Å². The highest BCUT2D eigenvalue weighted by Gasteiger charge is 2.21. The molecule has 0 aliphatic rings. The van der Waals surface area contributed by atoms with Gasteiger partial charge in [0.15, 0.2) is 5.82 Å². The Morgan fingerprint density at radius 3 is 2.52 bits per heavy atom. The first-order chi connectivity index (χ1) is 9.79. The standard InChI is InChI=1S/C14H16N4O2S/c1-14(2,3)12-16-17-13(21)18(12)15-8-9-4-6-10(7-5-9)11(19)20/h4-8H,1-3H3,(H,17,21)(H,19,20)/b15-8-. The number of carbonyl (C=O) groups is 1. The Bertz CT molecular complexity index is 736. The topological polar surface area (TPSA) is 83.3 Å². The lowest BCUT2D eigenvalue weighted by molar-refractivity contribution is 0.0697. The number of benzene rings is 1. The van der Waals surface area contributed by atoms with Crippen LogP contribution >= 0.6 is 12.2 Å². The van der Waals surface area contributed by atoms with Gasteiger partial charge in [-0.1, -0.05) is 32.9 Å². The van der Waals surface area contributed by atoms with E-state index in [0.717, 1.165) is 11.4 Å². The number of nitrogens with one attached hydrogen (secondary N) is 1.